The third-order valence-electron chi connectivity index (χ3n) is 2.87. The molecule has 0 saturated heterocycles. The van der Waals surface area contributed by atoms with E-state index < -0.39 is 6.04 Å². The molecule has 0 heterocycles. The van der Waals surface area contributed by atoms with E-state index in [0.29, 0.717) is 6.61 Å². The molecule has 0 aliphatic carbocycles. The van der Waals surface area contributed by atoms with Gasteiger partial charge in [-0.2, -0.15) is 0 Å². The number of benzene rings is 1. The molecule has 0 aliphatic rings. The highest BCUT2D eigenvalue weighted by Gasteiger charge is 2.20. The van der Waals surface area contributed by atoms with E-state index in [1.54, 1.807) is 6.92 Å². The zero-order valence-corrected chi connectivity index (χ0v) is 14.0. The van der Waals surface area contributed by atoms with Gasteiger partial charge in [-0.25, -0.2) is 0 Å². The third-order valence-corrected chi connectivity index (χ3v) is 2.87. The molecular formula is C17H26N2O3. The molecule has 5 nitrogen and oxygen atoms in total. The first-order valence-electron chi connectivity index (χ1n) is 7.54. The summed E-state index contributed by atoms with van der Waals surface area (Å²) in [4.78, 5) is 23.9. The van der Waals surface area contributed by atoms with Gasteiger partial charge in [0, 0.05) is 5.54 Å². The first-order chi connectivity index (χ1) is 10.2. The lowest BCUT2D eigenvalue weighted by atomic mass is 10.1. The molecule has 0 aliphatic heterocycles. The van der Waals surface area contributed by atoms with Crippen LogP contribution in [0.2, 0.25) is 0 Å². The summed E-state index contributed by atoms with van der Waals surface area (Å²) in [5, 5.41) is 5.55. The number of ether oxygens (including phenoxy) is 1. The minimum absolute atomic E-state index is 0.180. The van der Waals surface area contributed by atoms with Crippen LogP contribution in [0.15, 0.2) is 24.3 Å². The van der Waals surface area contributed by atoms with Crippen LogP contribution in [0.1, 0.15) is 40.2 Å². The molecule has 1 rings (SSSR count). The molecule has 2 amide bonds. The number of hydrogen-bond acceptors (Lipinski definition) is 3. The molecule has 0 aromatic heterocycles. The van der Waals surface area contributed by atoms with E-state index >= 15 is 0 Å². The topological polar surface area (TPSA) is 67.4 Å². The van der Waals surface area contributed by atoms with Crippen LogP contribution in [0, 0.1) is 0 Å². The number of rotatable bonds is 6. The maximum Gasteiger partial charge on any atom is 0.242 e. The van der Waals surface area contributed by atoms with Crippen molar-refractivity contribution in [2.24, 2.45) is 0 Å². The lowest BCUT2D eigenvalue weighted by molar-refractivity contribution is -0.129. The van der Waals surface area contributed by atoms with E-state index in [0.717, 1.165) is 11.3 Å². The van der Waals surface area contributed by atoms with Crippen LogP contribution in [0.5, 0.6) is 5.75 Å². The molecule has 0 saturated carbocycles. The predicted octanol–water partition coefficient (Wildman–Crippen LogP) is 2.05. The lowest BCUT2D eigenvalue weighted by Gasteiger charge is -2.23. The van der Waals surface area contributed by atoms with E-state index in [1.165, 1.54) is 0 Å². The summed E-state index contributed by atoms with van der Waals surface area (Å²) in [6.07, 6.45) is 0.236. The Morgan fingerprint density at radius 3 is 2.27 bits per heavy atom. The van der Waals surface area contributed by atoms with Crippen molar-refractivity contribution >= 4 is 11.8 Å². The number of carbonyl (C=O) groups is 2. The fourth-order valence-electron chi connectivity index (χ4n) is 1.89. The van der Waals surface area contributed by atoms with Gasteiger partial charge in [-0.15, -0.1) is 0 Å². The molecule has 1 aromatic carbocycles. The molecule has 0 radical (unpaired) electrons. The summed E-state index contributed by atoms with van der Waals surface area (Å²) in [7, 11) is 0. The zero-order chi connectivity index (χ0) is 16.8. The number of amides is 2. The third kappa shape index (κ3) is 6.61. The van der Waals surface area contributed by atoms with Crippen molar-refractivity contribution < 1.29 is 14.3 Å². The highest BCUT2D eigenvalue weighted by Crippen LogP contribution is 2.12. The maximum atomic E-state index is 12.0. The molecule has 1 unspecified atom stereocenters. The molecule has 0 spiro atoms. The van der Waals surface area contributed by atoms with Crippen molar-refractivity contribution in [3.63, 3.8) is 0 Å². The minimum atomic E-state index is -0.561. The highest BCUT2D eigenvalue weighted by molar-refractivity contribution is 5.88. The van der Waals surface area contributed by atoms with Crippen LogP contribution in [0.25, 0.3) is 0 Å². The smallest absolute Gasteiger partial charge is 0.242 e. The molecule has 5 heteroatoms. The number of nitrogens with one attached hydrogen (secondary N) is 2. The van der Waals surface area contributed by atoms with Crippen molar-refractivity contribution in [3.8, 4) is 5.75 Å². The summed E-state index contributed by atoms with van der Waals surface area (Å²) in [5.41, 5.74) is 0.565. The first kappa shape index (κ1) is 18.0. The van der Waals surface area contributed by atoms with Crippen LogP contribution in [0.4, 0.5) is 0 Å². The van der Waals surface area contributed by atoms with Crippen LogP contribution < -0.4 is 15.4 Å². The second-order valence-corrected chi connectivity index (χ2v) is 6.28. The average Bonchev–Trinajstić information content (AvgIpc) is 2.39. The first-order valence-corrected chi connectivity index (χ1v) is 7.54. The van der Waals surface area contributed by atoms with E-state index in [2.05, 4.69) is 10.6 Å². The molecular weight excluding hydrogens is 280 g/mol. The van der Waals surface area contributed by atoms with Crippen LogP contribution in [0.3, 0.4) is 0 Å². The lowest BCUT2D eigenvalue weighted by Crippen LogP contribution is -2.51. The molecule has 1 aromatic rings. The van der Waals surface area contributed by atoms with Gasteiger partial charge in [0.1, 0.15) is 11.8 Å². The monoisotopic (exact) mass is 306 g/mol. The molecule has 2 N–H and O–H groups in total. The van der Waals surface area contributed by atoms with E-state index in [4.69, 9.17) is 4.74 Å². The van der Waals surface area contributed by atoms with Gasteiger partial charge in [0.2, 0.25) is 11.8 Å². The fourth-order valence-corrected chi connectivity index (χ4v) is 1.89. The highest BCUT2D eigenvalue weighted by atomic mass is 16.5. The summed E-state index contributed by atoms with van der Waals surface area (Å²) < 4.78 is 5.35. The van der Waals surface area contributed by atoms with Crippen LogP contribution >= 0.6 is 0 Å². The Kier molecular flexibility index (Phi) is 6.40. The van der Waals surface area contributed by atoms with Gasteiger partial charge in [0.15, 0.2) is 0 Å². The molecule has 0 fully saturated rings. The molecule has 0 bridgehead atoms. The van der Waals surface area contributed by atoms with Gasteiger partial charge < -0.3 is 15.4 Å². The average molecular weight is 306 g/mol. The van der Waals surface area contributed by atoms with Gasteiger partial charge in [-0.1, -0.05) is 12.1 Å². The van der Waals surface area contributed by atoms with E-state index in [-0.39, 0.29) is 23.8 Å². The molecule has 22 heavy (non-hydrogen) atoms. The van der Waals surface area contributed by atoms with Gasteiger partial charge in [0.25, 0.3) is 0 Å². The van der Waals surface area contributed by atoms with Gasteiger partial charge >= 0.3 is 0 Å². The van der Waals surface area contributed by atoms with Crippen LogP contribution in [-0.4, -0.2) is 30.0 Å². The van der Waals surface area contributed by atoms with Gasteiger partial charge in [-0.05, 0) is 52.3 Å². The Morgan fingerprint density at radius 2 is 1.77 bits per heavy atom. The quantitative estimate of drug-likeness (QED) is 0.845. The zero-order valence-electron chi connectivity index (χ0n) is 14.0. The standard InChI is InChI=1S/C17H26N2O3/c1-6-22-14-9-7-13(8-10-14)11-15(20)18-12(2)16(21)19-17(3,4)5/h7-10,12H,6,11H2,1-5H3,(H,18,20)(H,19,21). The second-order valence-electron chi connectivity index (χ2n) is 6.28. The second kappa shape index (κ2) is 7.82. The number of hydrogen-bond donors (Lipinski definition) is 2. The Hall–Kier alpha value is -2.04. The molecule has 122 valence electrons. The predicted molar refractivity (Wildman–Crippen MR) is 86.8 cm³/mol. The van der Waals surface area contributed by atoms with Gasteiger partial charge in [-0.3, -0.25) is 9.59 Å². The summed E-state index contributed by atoms with van der Waals surface area (Å²) >= 11 is 0. The largest absolute Gasteiger partial charge is 0.494 e. The summed E-state index contributed by atoms with van der Waals surface area (Å²) in [6, 6.07) is 6.81. The minimum Gasteiger partial charge on any atom is -0.494 e. The van der Waals surface area contributed by atoms with Crippen molar-refractivity contribution in [1.29, 1.82) is 0 Å². The Bertz CT molecular complexity index is 504. The van der Waals surface area contributed by atoms with Crippen molar-refractivity contribution in [3.05, 3.63) is 29.8 Å². The Morgan fingerprint density at radius 1 is 1.18 bits per heavy atom. The molecule has 1 atom stereocenters. The van der Waals surface area contributed by atoms with Crippen molar-refractivity contribution in [2.45, 2.75) is 52.6 Å². The number of carbonyl (C=O) groups excluding carboxylic acids is 2. The Balaban J connectivity index is 2.50. The normalized spacial score (nSPS) is 12.4. The maximum absolute atomic E-state index is 12.0. The Labute approximate surface area is 132 Å². The van der Waals surface area contributed by atoms with Gasteiger partial charge in [0.05, 0.1) is 13.0 Å². The SMILES string of the molecule is CCOc1ccc(CC(=O)NC(C)C(=O)NC(C)(C)C)cc1. The van der Waals surface area contributed by atoms with E-state index in [9.17, 15) is 9.59 Å². The summed E-state index contributed by atoms with van der Waals surface area (Å²) in [6.45, 7) is 9.92. The summed E-state index contributed by atoms with van der Waals surface area (Å²) in [5.74, 6) is 0.415. The van der Waals surface area contributed by atoms with E-state index in [1.807, 2.05) is 52.0 Å². The van der Waals surface area contributed by atoms with Crippen LogP contribution in [-0.2, 0) is 16.0 Å². The van der Waals surface area contributed by atoms with Crippen molar-refractivity contribution in [1.82, 2.24) is 10.6 Å². The fraction of sp³-hybridized carbons (Fsp3) is 0.529. The van der Waals surface area contributed by atoms with Crippen molar-refractivity contribution in [2.75, 3.05) is 6.61 Å².